The zero-order valence-corrected chi connectivity index (χ0v) is 7.76. The highest BCUT2D eigenvalue weighted by Gasteiger charge is 1.98. The number of carbonyl (C=O) groups is 1. The second kappa shape index (κ2) is 8.49. The molecule has 1 amide bonds. The molecular weight excluding hydrogens is 158 g/mol. The van der Waals surface area contributed by atoms with E-state index in [-0.39, 0.29) is 12.5 Å². The zero-order chi connectivity index (χ0) is 9.23. The van der Waals surface area contributed by atoms with Crippen molar-refractivity contribution in [2.45, 2.75) is 13.3 Å². The lowest BCUT2D eigenvalue weighted by atomic mass is 10.5. The Hall–Kier alpha value is -0.610. The summed E-state index contributed by atoms with van der Waals surface area (Å²) < 4.78 is 9.78. The summed E-state index contributed by atoms with van der Waals surface area (Å²) in [6.45, 7) is 3.88. The Morgan fingerprint density at radius 2 is 2.17 bits per heavy atom. The Morgan fingerprint density at radius 3 is 2.75 bits per heavy atom. The lowest BCUT2D eigenvalue weighted by molar-refractivity contribution is -0.125. The van der Waals surface area contributed by atoms with Crippen LogP contribution in [0.15, 0.2) is 0 Å². The van der Waals surface area contributed by atoms with Gasteiger partial charge in [-0.25, -0.2) is 0 Å². The van der Waals surface area contributed by atoms with Crippen LogP contribution in [0.2, 0.25) is 0 Å². The van der Waals surface area contributed by atoms with Gasteiger partial charge in [-0.2, -0.15) is 0 Å². The molecule has 4 nitrogen and oxygen atoms in total. The largest absolute Gasteiger partial charge is 0.383 e. The fraction of sp³-hybridized carbons (Fsp3) is 0.875. The predicted molar refractivity (Wildman–Crippen MR) is 46.0 cm³/mol. The zero-order valence-electron chi connectivity index (χ0n) is 7.76. The number of methoxy groups -OCH3 is 1. The third-order valence-corrected chi connectivity index (χ3v) is 1.21. The molecule has 0 bridgehead atoms. The van der Waals surface area contributed by atoms with E-state index >= 15 is 0 Å². The van der Waals surface area contributed by atoms with Crippen LogP contribution in [0, 0.1) is 0 Å². The highest BCUT2D eigenvalue weighted by atomic mass is 16.5. The SMILES string of the molecule is CCCOCC(=O)NCCOC. The summed E-state index contributed by atoms with van der Waals surface area (Å²) in [5.41, 5.74) is 0. The Labute approximate surface area is 73.2 Å². The van der Waals surface area contributed by atoms with E-state index in [1.807, 2.05) is 6.92 Å². The van der Waals surface area contributed by atoms with Crippen molar-refractivity contribution in [3.05, 3.63) is 0 Å². The van der Waals surface area contributed by atoms with Crippen LogP contribution in [0.1, 0.15) is 13.3 Å². The summed E-state index contributed by atoms with van der Waals surface area (Å²) >= 11 is 0. The van der Waals surface area contributed by atoms with Crippen molar-refractivity contribution < 1.29 is 14.3 Å². The van der Waals surface area contributed by atoms with Crippen LogP contribution in [0.5, 0.6) is 0 Å². The van der Waals surface area contributed by atoms with Crippen molar-refractivity contribution >= 4 is 5.91 Å². The first kappa shape index (κ1) is 11.4. The third kappa shape index (κ3) is 7.50. The minimum Gasteiger partial charge on any atom is -0.383 e. The van der Waals surface area contributed by atoms with E-state index in [1.54, 1.807) is 7.11 Å². The van der Waals surface area contributed by atoms with E-state index in [1.165, 1.54) is 0 Å². The number of ether oxygens (including phenoxy) is 2. The molecule has 0 heterocycles. The minimum atomic E-state index is -0.0829. The molecule has 0 atom stereocenters. The molecule has 12 heavy (non-hydrogen) atoms. The highest BCUT2D eigenvalue weighted by molar-refractivity contribution is 5.77. The summed E-state index contributed by atoms with van der Waals surface area (Å²) in [4.78, 5) is 10.9. The Morgan fingerprint density at radius 1 is 1.42 bits per heavy atom. The van der Waals surface area contributed by atoms with Gasteiger partial charge in [-0.05, 0) is 6.42 Å². The smallest absolute Gasteiger partial charge is 0.246 e. The van der Waals surface area contributed by atoms with Gasteiger partial charge in [-0.15, -0.1) is 0 Å². The number of hydrogen-bond donors (Lipinski definition) is 1. The summed E-state index contributed by atoms with van der Waals surface area (Å²) in [5.74, 6) is -0.0829. The monoisotopic (exact) mass is 175 g/mol. The topological polar surface area (TPSA) is 47.6 Å². The van der Waals surface area contributed by atoms with E-state index in [9.17, 15) is 4.79 Å². The van der Waals surface area contributed by atoms with Crippen LogP contribution < -0.4 is 5.32 Å². The number of rotatable bonds is 7. The third-order valence-electron chi connectivity index (χ3n) is 1.21. The molecule has 0 aliphatic rings. The molecule has 4 heteroatoms. The summed E-state index contributed by atoms with van der Waals surface area (Å²) in [6, 6.07) is 0. The Kier molecular flexibility index (Phi) is 8.05. The van der Waals surface area contributed by atoms with Crippen molar-refractivity contribution in [3.63, 3.8) is 0 Å². The van der Waals surface area contributed by atoms with Crippen LogP contribution in [-0.4, -0.2) is 39.4 Å². The second-order valence-electron chi connectivity index (χ2n) is 2.40. The van der Waals surface area contributed by atoms with E-state index in [0.717, 1.165) is 6.42 Å². The van der Waals surface area contributed by atoms with Crippen molar-refractivity contribution in [1.82, 2.24) is 5.32 Å². The van der Waals surface area contributed by atoms with Gasteiger partial charge in [-0.3, -0.25) is 4.79 Å². The van der Waals surface area contributed by atoms with E-state index in [2.05, 4.69) is 5.32 Å². The van der Waals surface area contributed by atoms with Crippen molar-refractivity contribution in [2.24, 2.45) is 0 Å². The van der Waals surface area contributed by atoms with Gasteiger partial charge in [0, 0.05) is 20.3 Å². The fourth-order valence-corrected chi connectivity index (χ4v) is 0.653. The van der Waals surface area contributed by atoms with Crippen LogP contribution in [0.4, 0.5) is 0 Å². The van der Waals surface area contributed by atoms with Gasteiger partial charge in [0.1, 0.15) is 6.61 Å². The van der Waals surface area contributed by atoms with Gasteiger partial charge < -0.3 is 14.8 Å². The van der Waals surface area contributed by atoms with Crippen LogP contribution >= 0.6 is 0 Å². The normalized spacial score (nSPS) is 9.83. The average molecular weight is 175 g/mol. The first-order valence-corrected chi connectivity index (χ1v) is 4.14. The number of amides is 1. The lowest BCUT2D eigenvalue weighted by Gasteiger charge is -2.04. The van der Waals surface area contributed by atoms with Gasteiger partial charge >= 0.3 is 0 Å². The maximum atomic E-state index is 10.9. The molecule has 1 N–H and O–H groups in total. The molecule has 0 aromatic heterocycles. The maximum absolute atomic E-state index is 10.9. The van der Waals surface area contributed by atoms with Crippen molar-refractivity contribution in [3.8, 4) is 0 Å². The maximum Gasteiger partial charge on any atom is 0.246 e. The summed E-state index contributed by atoms with van der Waals surface area (Å²) in [7, 11) is 1.60. The lowest BCUT2D eigenvalue weighted by Crippen LogP contribution is -2.30. The molecule has 72 valence electrons. The molecule has 0 aliphatic carbocycles. The molecule has 0 aromatic rings. The molecule has 0 saturated heterocycles. The predicted octanol–water partition coefficient (Wildman–Crippen LogP) is 0.176. The van der Waals surface area contributed by atoms with Gasteiger partial charge in [0.25, 0.3) is 0 Å². The average Bonchev–Trinajstić information content (AvgIpc) is 2.06. The standard InChI is InChI=1S/C8H17NO3/c1-3-5-12-7-8(10)9-4-6-11-2/h3-7H2,1-2H3,(H,9,10). The van der Waals surface area contributed by atoms with Crippen molar-refractivity contribution in [1.29, 1.82) is 0 Å². The highest BCUT2D eigenvalue weighted by Crippen LogP contribution is 1.79. The number of carbonyl (C=O) groups excluding carboxylic acids is 1. The number of nitrogens with one attached hydrogen (secondary N) is 1. The van der Waals surface area contributed by atoms with Crippen LogP contribution in [0.25, 0.3) is 0 Å². The molecule has 0 rings (SSSR count). The molecule has 0 aromatic carbocycles. The van der Waals surface area contributed by atoms with Crippen LogP contribution in [0.3, 0.4) is 0 Å². The first-order valence-electron chi connectivity index (χ1n) is 4.14. The first-order chi connectivity index (χ1) is 5.81. The molecular formula is C8H17NO3. The molecule has 0 aliphatic heterocycles. The molecule has 0 saturated carbocycles. The Balaban J connectivity index is 3.10. The van der Waals surface area contributed by atoms with E-state index in [0.29, 0.717) is 19.8 Å². The minimum absolute atomic E-state index is 0.0829. The fourth-order valence-electron chi connectivity index (χ4n) is 0.653. The second-order valence-corrected chi connectivity index (χ2v) is 2.40. The van der Waals surface area contributed by atoms with Crippen molar-refractivity contribution in [2.75, 3.05) is 33.5 Å². The van der Waals surface area contributed by atoms with Gasteiger partial charge in [0.05, 0.1) is 6.61 Å². The van der Waals surface area contributed by atoms with Gasteiger partial charge in [0.2, 0.25) is 5.91 Å². The van der Waals surface area contributed by atoms with Gasteiger partial charge in [0.15, 0.2) is 0 Å². The quantitative estimate of drug-likeness (QED) is 0.561. The molecule has 0 unspecified atom stereocenters. The Bertz CT molecular complexity index is 105. The van der Waals surface area contributed by atoms with Crippen LogP contribution in [-0.2, 0) is 14.3 Å². The number of hydrogen-bond acceptors (Lipinski definition) is 3. The summed E-state index contributed by atoms with van der Waals surface area (Å²) in [6.07, 6.45) is 0.936. The van der Waals surface area contributed by atoms with E-state index < -0.39 is 0 Å². The molecule has 0 radical (unpaired) electrons. The molecule has 0 spiro atoms. The van der Waals surface area contributed by atoms with E-state index in [4.69, 9.17) is 9.47 Å². The molecule has 0 fully saturated rings. The van der Waals surface area contributed by atoms with Gasteiger partial charge in [-0.1, -0.05) is 6.92 Å². The summed E-state index contributed by atoms with van der Waals surface area (Å²) in [5, 5.41) is 2.65.